The molecule has 1 N–H and O–H groups in total. The van der Waals surface area contributed by atoms with Crippen molar-refractivity contribution in [1.82, 2.24) is 9.62 Å². The lowest BCUT2D eigenvalue weighted by atomic mass is 10.2. The van der Waals surface area contributed by atoms with Gasteiger partial charge in [0, 0.05) is 25.2 Å². The lowest BCUT2D eigenvalue weighted by molar-refractivity contribution is 0.0956. The summed E-state index contributed by atoms with van der Waals surface area (Å²) in [6, 6.07) is 6.66. The molecule has 7 heteroatoms. The van der Waals surface area contributed by atoms with Crippen LogP contribution in [-0.4, -0.2) is 51.1 Å². The number of nitrogens with zero attached hydrogens (tertiary/aromatic N) is 1. The summed E-state index contributed by atoms with van der Waals surface area (Å²) in [5.74, 6) is 0.286. The van der Waals surface area contributed by atoms with Gasteiger partial charge < -0.3 is 10.1 Å². The molecule has 0 aliphatic carbocycles. The molecule has 130 valence electrons. The van der Waals surface area contributed by atoms with Gasteiger partial charge in [0.25, 0.3) is 5.91 Å². The SMILES string of the molecule is CCCN(CCC)S(=O)(=O)CCNC(=O)c1ccc(OC)cc1. The normalized spacial score (nSPS) is 11.5. The lowest BCUT2D eigenvalue weighted by Crippen LogP contribution is -2.38. The second-order valence-electron chi connectivity index (χ2n) is 5.20. The highest BCUT2D eigenvalue weighted by Crippen LogP contribution is 2.11. The quantitative estimate of drug-likeness (QED) is 0.704. The van der Waals surface area contributed by atoms with Crippen molar-refractivity contribution in [3.63, 3.8) is 0 Å². The second kappa shape index (κ2) is 9.52. The number of methoxy groups -OCH3 is 1. The van der Waals surface area contributed by atoms with Crippen LogP contribution in [0.4, 0.5) is 0 Å². The van der Waals surface area contributed by atoms with Gasteiger partial charge in [0.2, 0.25) is 10.0 Å². The predicted octanol–water partition coefficient (Wildman–Crippen LogP) is 1.88. The van der Waals surface area contributed by atoms with E-state index in [2.05, 4.69) is 5.32 Å². The van der Waals surface area contributed by atoms with Crippen LogP contribution < -0.4 is 10.1 Å². The van der Waals surface area contributed by atoms with Crippen LogP contribution in [0.1, 0.15) is 37.0 Å². The van der Waals surface area contributed by atoms with Crippen LogP contribution in [0.25, 0.3) is 0 Å². The third-order valence-electron chi connectivity index (χ3n) is 3.34. The molecule has 0 atom stereocenters. The van der Waals surface area contributed by atoms with Crippen LogP contribution in [0.15, 0.2) is 24.3 Å². The molecule has 1 aromatic carbocycles. The Kier molecular flexibility index (Phi) is 8.05. The number of ether oxygens (including phenoxy) is 1. The fraction of sp³-hybridized carbons (Fsp3) is 0.562. The molecule has 0 spiro atoms. The zero-order valence-electron chi connectivity index (χ0n) is 14.0. The minimum atomic E-state index is -3.34. The van der Waals surface area contributed by atoms with Crippen LogP contribution in [0, 0.1) is 0 Å². The molecule has 0 aromatic heterocycles. The van der Waals surface area contributed by atoms with Crippen molar-refractivity contribution in [2.24, 2.45) is 0 Å². The van der Waals surface area contributed by atoms with Crippen molar-refractivity contribution < 1.29 is 17.9 Å². The summed E-state index contributed by atoms with van der Waals surface area (Å²) in [6.07, 6.45) is 1.55. The maximum atomic E-state index is 12.3. The summed E-state index contributed by atoms with van der Waals surface area (Å²) in [7, 11) is -1.78. The maximum Gasteiger partial charge on any atom is 0.251 e. The van der Waals surface area contributed by atoms with Crippen LogP contribution in [0.3, 0.4) is 0 Å². The van der Waals surface area contributed by atoms with Crippen LogP contribution in [0.2, 0.25) is 0 Å². The van der Waals surface area contributed by atoms with Crippen LogP contribution in [-0.2, 0) is 10.0 Å². The summed E-state index contributed by atoms with van der Waals surface area (Å²) in [5, 5.41) is 2.65. The Balaban J connectivity index is 2.54. The first kappa shape index (κ1) is 19.4. The molecule has 0 aliphatic heterocycles. The molecule has 0 bridgehead atoms. The molecule has 0 fully saturated rings. The van der Waals surface area contributed by atoms with Gasteiger partial charge in [0.1, 0.15) is 5.75 Å². The number of nitrogens with one attached hydrogen (secondary N) is 1. The maximum absolute atomic E-state index is 12.3. The van der Waals surface area contributed by atoms with Crippen LogP contribution >= 0.6 is 0 Å². The first-order chi connectivity index (χ1) is 10.9. The first-order valence-corrected chi connectivity index (χ1v) is 9.45. The van der Waals surface area contributed by atoms with E-state index in [1.807, 2.05) is 13.8 Å². The van der Waals surface area contributed by atoms with Gasteiger partial charge in [-0.3, -0.25) is 4.79 Å². The Bertz CT molecular complexity index is 579. The number of carbonyl (C=O) groups is 1. The fourth-order valence-corrected chi connectivity index (χ4v) is 3.70. The molecule has 0 radical (unpaired) electrons. The van der Waals surface area contributed by atoms with Crippen molar-refractivity contribution in [3.05, 3.63) is 29.8 Å². The van der Waals surface area contributed by atoms with E-state index in [1.165, 1.54) is 4.31 Å². The minimum Gasteiger partial charge on any atom is -0.497 e. The molecule has 0 unspecified atom stereocenters. The number of hydrogen-bond acceptors (Lipinski definition) is 4. The first-order valence-electron chi connectivity index (χ1n) is 7.84. The van der Waals surface area contributed by atoms with Gasteiger partial charge in [-0.15, -0.1) is 0 Å². The number of amides is 1. The van der Waals surface area contributed by atoms with Crippen molar-refractivity contribution >= 4 is 15.9 Å². The van der Waals surface area contributed by atoms with E-state index < -0.39 is 10.0 Å². The van der Waals surface area contributed by atoms with E-state index in [4.69, 9.17) is 4.74 Å². The number of rotatable bonds is 10. The Labute approximate surface area is 138 Å². The highest BCUT2D eigenvalue weighted by molar-refractivity contribution is 7.89. The van der Waals surface area contributed by atoms with E-state index in [0.717, 1.165) is 12.8 Å². The van der Waals surface area contributed by atoms with E-state index in [1.54, 1.807) is 31.4 Å². The van der Waals surface area contributed by atoms with Gasteiger partial charge in [0.15, 0.2) is 0 Å². The third-order valence-corrected chi connectivity index (χ3v) is 5.21. The van der Waals surface area contributed by atoms with Crippen molar-refractivity contribution in [1.29, 1.82) is 0 Å². The van der Waals surface area contributed by atoms with Gasteiger partial charge in [-0.05, 0) is 37.1 Å². The highest BCUT2D eigenvalue weighted by Gasteiger charge is 2.20. The molecular weight excluding hydrogens is 316 g/mol. The van der Waals surface area contributed by atoms with E-state index >= 15 is 0 Å². The standard InChI is InChI=1S/C16H26N2O4S/c1-4-11-18(12-5-2)23(20,21)13-10-17-16(19)14-6-8-15(22-3)9-7-14/h6-9H,4-5,10-13H2,1-3H3,(H,17,19). The monoisotopic (exact) mass is 342 g/mol. The average Bonchev–Trinajstić information content (AvgIpc) is 2.54. The Morgan fingerprint density at radius 1 is 1.13 bits per heavy atom. The van der Waals surface area contributed by atoms with E-state index in [-0.39, 0.29) is 18.2 Å². The largest absolute Gasteiger partial charge is 0.497 e. The molecular formula is C16H26N2O4S. The number of benzene rings is 1. The van der Waals surface area contributed by atoms with E-state index in [9.17, 15) is 13.2 Å². The molecule has 0 saturated carbocycles. The molecule has 1 aromatic rings. The Morgan fingerprint density at radius 2 is 1.70 bits per heavy atom. The fourth-order valence-electron chi connectivity index (χ4n) is 2.16. The predicted molar refractivity (Wildman–Crippen MR) is 91.3 cm³/mol. The zero-order chi connectivity index (χ0) is 17.3. The van der Waals surface area contributed by atoms with Crippen molar-refractivity contribution in [3.8, 4) is 5.75 Å². The summed E-state index contributed by atoms with van der Waals surface area (Å²) < 4.78 is 31.1. The molecule has 0 heterocycles. The second-order valence-corrected chi connectivity index (χ2v) is 7.29. The molecule has 23 heavy (non-hydrogen) atoms. The number of sulfonamides is 1. The third kappa shape index (κ3) is 6.19. The Morgan fingerprint density at radius 3 is 2.17 bits per heavy atom. The van der Waals surface area contributed by atoms with Crippen molar-refractivity contribution in [2.75, 3.05) is 32.5 Å². The Hall–Kier alpha value is -1.60. The number of carbonyl (C=O) groups excluding carboxylic acids is 1. The van der Waals surface area contributed by atoms with Gasteiger partial charge >= 0.3 is 0 Å². The highest BCUT2D eigenvalue weighted by atomic mass is 32.2. The zero-order valence-corrected chi connectivity index (χ0v) is 14.9. The molecule has 1 amide bonds. The molecule has 0 saturated heterocycles. The lowest BCUT2D eigenvalue weighted by Gasteiger charge is -2.21. The van der Waals surface area contributed by atoms with Gasteiger partial charge in [-0.1, -0.05) is 13.8 Å². The summed E-state index contributed by atoms with van der Waals surface area (Å²) in [6.45, 7) is 5.02. The summed E-state index contributed by atoms with van der Waals surface area (Å²) in [4.78, 5) is 12.0. The summed E-state index contributed by atoms with van der Waals surface area (Å²) >= 11 is 0. The topological polar surface area (TPSA) is 75.7 Å². The molecule has 0 aliphatic rings. The number of hydrogen-bond donors (Lipinski definition) is 1. The average molecular weight is 342 g/mol. The van der Waals surface area contributed by atoms with Gasteiger partial charge in [0.05, 0.1) is 12.9 Å². The van der Waals surface area contributed by atoms with Gasteiger partial charge in [-0.2, -0.15) is 0 Å². The van der Waals surface area contributed by atoms with Crippen molar-refractivity contribution in [2.45, 2.75) is 26.7 Å². The summed E-state index contributed by atoms with van der Waals surface area (Å²) in [5.41, 5.74) is 0.474. The minimum absolute atomic E-state index is 0.0884. The molecule has 1 rings (SSSR count). The van der Waals surface area contributed by atoms with Crippen LogP contribution in [0.5, 0.6) is 5.75 Å². The smallest absolute Gasteiger partial charge is 0.251 e. The van der Waals surface area contributed by atoms with E-state index in [0.29, 0.717) is 24.4 Å². The molecule has 6 nitrogen and oxygen atoms in total. The van der Waals surface area contributed by atoms with Gasteiger partial charge in [-0.25, -0.2) is 12.7 Å².